The summed E-state index contributed by atoms with van der Waals surface area (Å²) in [7, 11) is -7.27. The summed E-state index contributed by atoms with van der Waals surface area (Å²) < 4.78 is 58.9. The molecule has 0 amide bonds. The molecule has 214 valence electrons. The van der Waals surface area contributed by atoms with E-state index >= 15 is 0 Å². The Bertz CT molecular complexity index is 1120. The van der Waals surface area contributed by atoms with Crippen molar-refractivity contribution in [1.82, 2.24) is 9.44 Å². The van der Waals surface area contributed by atoms with Crippen molar-refractivity contribution in [1.29, 1.82) is 0 Å². The topological polar surface area (TPSA) is 92.3 Å². The predicted molar refractivity (Wildman–Crippen MR) is 160 cm³/mol. The van der Waals surface area contributed by atoms with Gasteiger partial charge in [0.2, 0.25) is 0 Å². The van der Waals surface area contributed by atoms with E-state index in [1.165, 1.54) is 0 Å². The molecule has 0 saturated heterocycles. The first kappa shape index (κ1) is 33.5. The Hall–Kier alpha value is -0.701. The Balaban J connectivity index is 2.20. The molecule has 0 heterocycles. The Labute approximate surface area is 242 Å². The van der Waals surface area contributed by atoms with Crippen LogP contribution < -0.4 is 9.44 Å². The summed E-state index contributed by atoms with van der Waals surface area (Å²) in [5.41, 5.74) is 2.04. The summed E-state index contributed by atoms with van der Waals surface area (Å²) >= 11 is 0.352. The molecule has 2 N–H and O–H groups in total. The fourth-order valence-corrected chi connectivity index (χ4v) is 19.3. The summed E-state index contributed by atoms with van der Waals surface area (Å²) in [5, 5.41) is 0. The van der Waals surface area contributed by atoms with E-state index in [1.807, 2.05) is 38.1 Å². The van der Waals surface area contributed by atoms with Crippen molar-refractivity contribution in [2.75, 3.05) is 0 Å². The van der Waals surface area contributed by atoms with Crippen LogP contribution in [0.25, 0.3) is 0 Å². The van der Waals surface area contributed by atoms with E-state index in [1.54, 1.807) is 24.3 Å². The molecule has 0 saturated carbocycles. The van der Waals surface area contributed by atoms with Gasteiger partial charge in [-0.1, -0.05) is 0 Å². The maximum atomic E-state index is 13.2. The van der Waals surface area contributed by atoms with Gasteiger partial charge in [0.25, 0.3) is 0 Å². The van der Waals surface area contributed by atoms with Crippen molar-refractivity contribution in [3.05, 3.63) is 59.7 Å². The Morgan fingerprint density at radius 3 is 1.13 bits per heavy atom. The van der Waals surface area contributed by atoms with Crippen molar-refractivity contribution in [3.63, 3.8) is 0 Å². The molecule has 0 aliphatic heterocycles. The number of nitrogens with one attached hydrogen (secondary N) is 2. The fraction of sp³-hybridized carbons (Fsp3) is 0.571. The normalized spacial score (nSPS) is 15.9. The van der Waals surface area contributed by atoms with Gasteiger partial charge < -0.3 is 0 Å². The minimum atomic E-state index is -3.63. The Morgan fingerprint density at radius 2 is 0.895 bits per heavy atom. The molecular formula is C28H44N2O4S2Se2. The molecule has 0 fully saturated rings. The van der Waals surface area contributed by atoms with Crippen LogP contribution in [0.2, 0.25) is 9.63 Å². The maximum absolute atomic E-state index is 13.2. The second-order valence-electron chi connectivity index (χ2n) is 10.5. The van der Waals surface area contributed by atoms with Crippen molar-refractivity contribution in [3.8, 4) is 0 Å². The zero-order valence-corrected chi connectivity index (χ0v) is 28.8. The molecule has 2 rings (SSSR count). The number of sulfonamides is 2. The Morgan fingerprint density at radius 1 is 0.605 bits per heavy atom. The number of hydrogen-bond acceptors (Lipinski definition) is 4. The first-order chi connectivity index (χ1) is 17.7. The quantitative estimate of drug-likeness (QED) is 0.247. The van der Waals surface area contributed by atoms with Crippen molar-refractivity contribution in [2.24, 2.45) is 11.8 Å². The van der Waals surface area contributed by atoms with Crippen LogP contribution in [0.1, 0.15) is 65.5 Å². The molecule has 4 atom stereocenters. The van der Waals surface area contributed by atoms with Gasteiger partial charge in [-0.3, -0.25) is 0 Å². The van der Waals surface area contributed by atoms with E-state index in [9.17, 15) is 16.8 Å². The second kappa shape index (κ2) is 14.8. The fourth-order valence-electron chi connectivity index (χ4n) is 4.12. The average molecular weight is 695 g/mol. The molecule has 0 radical (unpaired) electrons. The number of hydrogen-bond donors (Lipinski definition) is 2. The molecule has 6 nitrogen and oxygen atoms in total. The van der Waals surface area contributed by atoms with Crippen LogP contribution in [0.3, 0.4) is 0 Å². The van der Waals surface area contributed by atoms with E-state index in [4.69, 9.17) is 0 Å². The third kappa shape index (κ3) is 9.45. The summed E-state index contributed by atoms with van der Waals surface area (Å²) in [6.07, 6.45) is 1.75. The van der Waals surface area contributed by atoms with Gasteiger partial charge in [0, 0.05) is 0 Å². The van der Waals surface area contributed by atoms with Crippen LogP contribution in [0.15, 0.2) is 58.3 Å². The van der Waals surface area contributed by atoms with Gasteiger partial charge in [-0.05, 0) is 0 Å². The number of aryl methyl sites for hydroxylation is 2. The van der Waals surface area contributed by atoms with E-state index in [0.717, 1.165) is 24.0 Å². The number of rotatable bonds is 15. The van der Waals surface area contributed by atoms with Crippen LogP contribution in [0.4, 0.5) is 0 Å². The molecular weight excluding hydrogens is 650 g/mol. The summed E-state index contributed by atoms with van der Waals surface area (Å²) in [6.45, 7) is 16.4. The first-order valence-corrected chi connectivity index (χ1v) is 22.5. The molecule has 0 aliphatic rings. The van der Waals surface area contributed by atoms with Crippen LogP contribution in [0.5, 0.6) is 0 Å². The molecule has 0 bridgehead atoms. The predicted octanol–water partition coefficient (Wildman–Crippen LogP) is 5.33. The van der Waals surface area contributed by atoms with Crippen LogP contribution in [-0.4, -0.2) is 55.2 Å². The monoisotopic (exact) mass is 696 g/mol. The molecule has 38 heavy (non-hydrogen) atoms. The van der Waals surface area contributed by atoms with Crippen LogP contribution in [-0.2, 0) is 20.0 Å². The molecule has 0 aliphatic carbocycles. The third-order valence-corrected chi connectivity index (χ3v) is 20.0. The molecule has 0 spiro atoms. The van der Waals surface area contributed by atoms with Crippen LogP contribution in [0, 0.1) is 25.7 Å². The molecule has 10 heteroatoms. The van der Waals surface area contributed by atoms with Crippen LogP contribution >= 0.6 is 0 Å². The van der Waals surface area contributed by atoms with E-state index < -0.39 is 20.0 Å². The zero-order valence-electron chi connectivity index (χ0n) is 23.8. The average Bonchev–Trinajstić information content (AvgIpc) is 2.85. The van der Waals surface area contributed by atoms with Crippen molar-refractivity contribution < 1.29 is 16.8 Å². The van der Waals surface area contributed by atoms with Gasteiger partial charge in [0.05, 0.1) is 0 Å². The summed E-state index contributed by atoms with van der Waals surface area (Å²) in [4.78, 5) is 1.02. The first-order valence-electron chi connectivity index (χ1n) is 13.2. The van der Waals surface area contributed by atoms with Gasteiger partial charge >= 0.3 is 244 Å². The second-order valence-corrected chi connectivity index (χ2v) is 21.5. The van der Waals surface area contributed by atoms with Gasteiger partial charge in [-0.2, -0.15) is 0 Å². The summed E-state index contributed by atoms with van der Waals surface area (Å²) in [5.74, 6) is 0.276. The summed E-state index contributed by atoms with van der Waals surface area (Å²) in [6, 6.07) is 13.6. The standard InChI is InChI=1S/C28H44N2O4S2Se2/c1-9-25(27(19(3)4)29-35(31,32)23-15-11-21(7)12-16-23)37-38-26(10-2)28(20(5)6)30-36(33,34)24-17-13-22(8)14-18-24/h11-20,25-30H,9-10H2,1-8H3/t25-,26-,27+,28+/m0/s1. The third-order valence-electron chi connectivity index (χ3n) is 6.59. The molecule has 0 unspecified atom stereocenters. The molecule has 2 aromatic rings. The van der Waals surface area contributed by atoms with Gasteiger partial charge in [0.15, 0.2) is 0 Å². The SMILES string of the molecule is CC[C@H]([Se][Se][C@@H](CC)[C@H](NS(=O)(=O)c1ccc(C)cc1)C(C)C)[C@H](NS(=O)(=O)c1ccc(C)cc1)C(C)C. The van der Waals surface area contributed by atoms with E-state index in [0.29, 0.717) is 9.79 Å². The minimum absolute atomic E-state index is 0.138. The number of benzene rings is 2. The van der Waals surface area contributed by atoms with Gasteiger partial charge in [0.1, 0.15) is 0 Å². The van der Waals surface area contributed by atoms with Gasteiger partial charge in [-0.15, -0.1) is 0 Å². The van der Waals surface area contributed by atoms with Gasteiger partial charge in [-0.25, -0.2) is 0 Å². The van der Waals surface area contributed by atoms with Crippen molar-refractivity contribution in [2.45, 2.75) is 99.7 Å². The van der Waals surface area contributed by atoms with E-state index in [2.05, 4.69) is 51.0 Å². The Kier molecular flexibility index (Phi) is 13.0. The molecule has 0 aromatic heterocycles. The zero-order chi connectivity index (χ0) is 28.7. The molecule has 2 aromatic carbocycles. The van der Waals surface area contributed by atoms with Crippen molar-refractivity contribution >= 4 is 46.3 Å². The van der Waals surface area contributed by atoms with E-state index in [-0.39, 0.29) is 59.8 Å².